The van der Waals surface area contributed by atoms with E-state index in [1.807, 2.05) is 11.0 Å². The number of aromatic nitrogens is 1. The largest absolute Gasteiger partial charge is 0.355 e. The predicted molar refractivity (Wildman–Crippen MR) is 126 cm³/mol. The zero-order chi connectivity index (χ0) is 21.8. The van der Waals surface area contributed by atoms with Gasteiger partial charge in [-0.25, -0.2) is 0 Å². The number of thiophene rings is 1. The van der Waals surface area contributed by atoms with E-state index in [0.29, 0.717) is 25.7 Å². The fourth-order valence-corrected chi connectivity index (χ4v) is 6.03. The van der Waals surface area contributed by atoms with Gasteiger partial charge in [0.15, 0.2) is 0 Å². The van der Waals surface area contributed by atoms with Crippen LogP contribution in [0.25, 0.3) is 0 Å². The number of hydrogen-bond donors (Lipinski definition) is 1. The molecule has 5 nitrogen and oxygen atoms in total. The Balaban J connectivity index is 1.30. The average molecular weight is 442 g/mol. The van der Waals surface area contributed by atoms with Crippen molar-refractivity contribution in [3.8, 4) is 0 Å². The lowest BCUT2D eigenvalue weighted by molar-refractivity contribution is -0.126. The van der Waals surface area contributed by atoms with Crippen LogP contribution in [-0.4, -0.2) is 40.9 Å². The van der Waals surface area contributed by atoms with Gasteiger partial charge in [0.05, 0.1) is 5.56 Å². The number of piperidine rings is 1. The van der Waals surface area contributed by atoms with Crippen molar-refractivity contribution in [1.82, 2.24) is 14.8 Å². The van der Waals surface area contributed by atoms with E-state index in [-0.39, 0.29) is 17.7 Å². The summed E-state index contributed by atoms with van der Waals surface area (Å²) in [6, 6.07) is 6.77. The molecule has 0 atom stereocenters. The van der Waals surface area contributed by atoms with Gasteiger partial charge >= 0.3 is 0 Å². The van der Waals surface area contributed by atoms with Gasteiger partial charge in [0.2, 0.25) is 5.91 Å². The minimum absolute atomic E-state index is 0.0158. The lowest BCUT2D eigenvalue weighted by Crippen LogP contribution is -2.43. The molecule has 1 N–H and O–H groups in total. The molecule has 0 unspecified atom stereocenters. The summed E-state index contributed by atoms with van der Waals surface area (Å²) in [5, 5.41) is 5.15. The Bertz CT molecular complexity index is 888. The Morgan fingerprint density at radius 2 is 1.84 bits per heavy atom. The minimum atomic E-state index is 0.0158. The van der Waals surface area contributed by atoms with Crippen molar-refractivity contribution < 1.29 is 9.59 Å². The Hall–Kier alpha value is -2.08. The van der Waals surface area contributed by atoms with Crippen LogP contribution in [0.15, 0.2) is 23.6 Å². The fraction of sp³-hybridized carbons (Fsp3) is 0.600. The van der Waals surface area contributed by atoms with Gasteiger partial charge in [-0.05, 0) is 63.5 Å². The first-order valence-corrected chi connectivity index (χ1v) is 12.7. The van der Waals surface area contributed by atoms with E-state index in [0.717, 1.165) is 30.5 Å². The van der Waals surface area contributed by atoms with Crippen molar-refractivity contribution in [2.45, 2.75) is 71.3 Å². The third-order valence-corrected chi connectivity index (χ3v) is 7.99. The molecule has 2 aromatic rings. The molecule has 3 heterocycles. The molecule has 2 aromatic heterocycles. The Labute approximate surface area is 189 Å². The standard InChI is InChI=1S/C25H35N3O2S/c1-18-17-23(19(2)28(18)21-7-4-3-5-8-21)25(30)27-14-11-20(12-15-27)24(29)26-13-10-22-9-6-16-31-22/h6,9,16-17,20-21H,3-5,7-8,10-15H2,1-2H3,(H,26,29). The molecule has 4 rings (SSSR count). The van der Waals surface area contributed by atoms with E-state index in [9.17, 15) is 9.59 Å². The molecule has 0 bridgehead atoms. The van der Waals surface area contributed by atoms with Crippen LogP contribution in [0, 0.1) is 19.8 Å². The molecule has 0 aromatic carbocycles. The molecule has 1 saturated carbocycles. The van der Waals surface area contributed by atoms with E-state index in [2.05, 4.69) is 41.2 Å². The molecule has 1 aliphatic heterocycles. The maximum absolute atomic E-state index is 13.3. The number of hydrogen-bond acceptors (Lipinski definition) is 3. The van der Waals surface area contributed by atoms with E-state index >= 15 is 0 Å². The molecule has 0 radical (unpaired) electrons. The van der Waals surface area contributed by atoms with Crippen molar-refractivity contribution in [3.05, 3.63) is 45.4 Å². The molecule has 2 amide bonds. The van der Waals surface area contributed by atoms with Crippen molar-refractivity contribution in [2.24, 2.45) is 5.92 Å². The molecule has 31 heavy (non-hydrogen) atoms. The van der Waals surface area contributed by atoms with E-state index in [1.54, 1.807) is 11.3 Å². The minimum Gasteiger partial charge on any atom is -0.355 e. The normalized spacial score (nSPS) is 18.3. The van der Waals surface area contributed by atoms with Crippen LogP contribution in [0.2, 0.25) is 0 Å². The second-order valence-corrected chi connectivity index (χ2v) is 10.2. The molecule has 168 valence electrons. The summed E-state index contributed by atoms with van der Waals surface area (Å²) in [6.07, 6.45) is 8.72. The smallest absolute Gasteiger partial charge is 0.255 e. The first-order valence-electron chi connectivity index (χ1n) is 11.8. The number of nitrogens with one attached hydrogen (secondary N) is 1. The van der Waals surface area contributed by atoms with Gasteiger partial charge < -0.3 is 14.8 Å². The highest BCUT2D eigenvalue weighted by Gasteiger charge is 2.30. The first kappa shape index (κ1) is 22.1. The maximum atomic E-state index is 13.3. The van der Waals surface area contributed by atoms with Gasteiger partial charge in [-0.1, -0.05) is 25.3 Å². The predicted octanol–water partition coefficient (Wildman–Crippen LogP) is 4.88. The van der Waals surface area contributed by atoms with Crippen LogP contribution in [0.3, 0.4) is 0 Å². The number of carbonyl (C=O) groups is 2. The van der Waals surface area contributed by atoms with E-state index in [1.165, 1.54) is 42.7 Å². The summed E-state index contributed by atoms with van der Waals surface area (Å²) < 4.78 is 2.40. The van der Waals surface area contributed by atoms with Crippen LogP contribution in [0.4, 0.5) is 0 Å². The van der Waals surface area contributed by atoms with Gasteiger partial charge in [0, 0.05) is 47.9 Å². The highest BCUT2D eigenvalue weighted by Crippen LogP contribution is 2.33. The lowest BCUT2D eigenvalue weighted by Gasteiger charge is -2.31. The zero-order valence-corrected chi connectivity index (χ0v) is 19.7. The van der Waals surface area contributed by atoms with Crippen molar-refractivity contribution in [3.63, 3.8) is 0 Å². The molecular weight excluding hydrogens is 406 g/mol. The molecular formula is C25H35N3O2S. The summed E-state index contributed by atoms with van der Waals surface area (Å²) in [5.41, 5.74) is 3.16. The molecule has 6 heteroatoms. The molecule has 2 fully saturated rings. The van der Waals surface area contributed by atoms with Gasteiger partial charge in [-0.2, -0.15) is 0 Å². The summed E-state index contributed by atoms with van der Waals surface area (Å²) in [5.74, 6) is 0.285. The number of likely N-dealkylation sites (tertiary alicyclic amines) is 1. The Kier molecular flexibility index (Phi) is 7.16. The average Bonchev–Trinajstić information content (AvgIpc) is 3.41. The second-order valence-electron chi connectivity index (χ2n) is 9.13. The quantitative estimate of drug-likeness (QED) is 0.694. The Morgan fingerprint density at radius 3 is 2.52 bits per heavy atom. The van der Waals surface area contributed by atoms with Gasteiger partial charge in [0.25, 0.3) is 5.91 Å². The second kappa shape index (κ2) is 10.0. The summed E-state index contributed by atoms with van der Waals surface area (Å²) in [4.78, 5) is 29.0. The van der Waals surface area contributed by atoms with E-state index < -0.39 is 0 Å². The number of amides is 2. The highest BCUT2D eigenvalue weighted by molar-refractivity contribution is 7.09. The van der Waals surface area contributed by atoms with Crippen molar-refractivity contribution >= 4 is 23.2 Å². The number of carbonyl (C=O) groups excluding carboxylic acids is 2. The van der Waals surface area contributed by atoms with Crippen LogP contribution in [0.1, 0.15) is 77.6 Å². The Morgan fingerprint density at radius 1 is 1.10 bits per heavy atom. The third kappa shape index (κ3) is 5.05. The first-order chi connectivity index (χ1) is 15.0. The number of rotatable bonds is 6. The summed E-state index contributed by atoms with van der Waals surface area (Å²) in [7, 11) is 0. The van der Waals surface area contributed by atoms with Crippen LogP contribution in [-0.2, 0) is 11.2 Å². The van der Waals surface area contributed by atoms with E-state index in [4.69, 9.17) is 0 Å². The fourth-order valence-electron chi connectivity index (χ4n) is 5.32. The summed E-state index contributed by atoms with van der Waals surface area (Å²) in [6.45, 7) is 6.24. The van der Waals surface area contributed by atoms with Crippen molar-refractivity contribution in [2.75, 3.05) is 19.6 Å². The zero-order valence-electron chi connectivity index (χ0n) is 18.9. The molecule has 2 aliphatic rings. The van der Waals surface area contributed by atoms with Gasteiger partial charge in [-0.3, -0.25) is 9.59 Å². The third-order valence-electron chi connectivity index (χ3n) is 7.06. The molecule has 0 spiro atoms. The maximum Gasteiger partial charge on any atom is 0.255 e. The lowest BCUT2D eigenvalue weighted by atomic mass is 9.94. The number of aryl methyl sites for hydroxylation is 1. The SMILES string of the molecule is Cc1cc(C(=O)N2CCC(C(=O)NCCc3cccs3)CC2)c(C)n1C1CCCCC1. The van der Waals surface area contributed by atoms with Crippen LogP contribution in [0.5, 0.6) is 0 Å². The van der Waals surface area contributed by atoms with Crippen LogP contribution < -0.4 is 5.32 Å². The monoisotopic (exact) mass is 441 g/mol. The van der Waals surface area contributed by atoms with Crippen molar-refractivity contribution in [1.29, 1.82) is 0 Å². The topological polar surface area (TPSA) is 54.3 Å². The number of nitrogens with zero attached hydrogens (tertiary/aromatic N) is 2. The molecule has 1 saturated heterocycles. The summed E-state index contributed by atoms with van der Waals surface area (Å²) >= 11 is 1.73. The molecule has 1 aliphatic carbocycles. The highest BCUT2D eigenvalue weighted by atomic mass is 32.1. The van der Waals surface area contributed by atoms with Gasteiger partial charge in [0.1, 0.15) is 0 Å². The van der Waals surface area contributed by atoms with Gasteiger partial charge in [-0.15, -0.1) is 11.3 Å². The van der Waals surface area contributed by atoms with Crippen LogP contribution >= 0.6 is 11.3 Å².